The summed E-state index contributed by atoms with van der Waals surface area (Å²) in [6.45, 7) is 0. The number of carbonyl (C=O) groups excluding carboxylic acids is 2. The van der Waals surface area contributed by atoms with Gasteiger partial charge in [-0.1, -0.05) is 12.1 Å². The third-order valence-corrected chi connectivity index (χ3v) is 3.35. The molecule has 5 heteroatoms. The summed E-state index contributed by atoms with van der Waals surface area (Å²) in [5, 5.41) is 0. The molecular formula is C18H16N2O3. The molecule has 1 atom stereocenters. The Hall–Kier alpha value is -3.26. The van der Waals surface area contributed by atoms with E-state index in [0.29, 0.717) is 29.0 Å². The lowest BCUT2D eigenvalue weighted by atomic mass is 10.0. The summed E-state index contributed by atoms with van der Waals surface area (Å²) in [6.07, 6.45) is 5.92. The number of methoxy groups -OCH3 is 1. The van der Waals surface area contributed by atoms with Crippen LogP contribution in [0.3, 0.4) is 0 Å². The summed E-state index contributed by atoms with van der Waals surface area (Å²) in [5.41, 5.74) is 7.33. The van der Waals surface area contributed by atoms with Gasteiger partial charge >= 0.3 is 5.91 Å². The van der Waals surface area contributed by atoms with Crippen LogP contribution in [0.2, 0.25) is 0 Å². The molecule has 116 valence electrons. The number of carbonyl (C=O) groups is 2. The summed E-state index contributed by atoms with van der Waals surface area (Å²) < 4.78 is 5.09. The van der Waals surface area contributed by atoms with Gasteiger partial charge in [0.1, 0.15) is 18.1 Å². The number of anilines is 2. The topological polar surface area (TPSA) is 72.6 Å². The third kappa shape index (κ3) is 3.50. The van der Waals surface area contributed by atoms with Crippen LogP contribution in [-0.4, -0.2) is 19.3 Å². The van der Waals surface area contributed by atoms with Crippen LogP contribution in [0.4, 0.5) is 11.4 Å². The molecule has 2 aromatic rings. The predicted octanol–water partition coefficient (Wildman–Crippen LogP) is 2.18. The van der Waals surface area contributed by atoms with Gasteiger partial charge in [-0.2, -0.15) is 0 Å². The summed E-state index contributed by atoms with van der Waals surface area (Å²) in [4.78, 5) is 25.1. The van der Waals surface area contributed by atoms with Gasteiger partial charge in [0.15, 0.2) is 0 Å². The number of nitrogens with two attached hydrogens (primary N) is 1. The number of benzene rings is 2. The van der Waals surface area contributed by atoms with Gasteiger partial charge in [0.05, 0.1) is 7.11 Å². The van der Waals surface area contributed by atoms with Crippen molar-refractivity contribution < 1.29 is 14.3 Å². The number of aldehydes is 1. The molecule has 0 aliphatic heterocycles. The van der Waals surface area contributed by atoms with Crippen molar-refractivity contribution in [3.05, 3.63) is 54.1 Å². The minimum Gasteiger partial charge on any atom is -0.497 e. The maximum absolute atomic E-state index is 12.2. The van der Waals surface area contributed by atoms with E-state index in [1.54, 1.807) is 55.6 Å². The summed E-state index contributed by atoms with van der Waals surface area (Å²) in [6, 6.07) is 12.6. The third-order valence-electron chi connectivity index (χ3n) is 3.35. The molecule has 0 radical (unpaired) electrons. The molecular weight excluding hydrogens is 292 g/mol. The molecule has 0 saturated heterocycles. The standard InChI is InChI=1S/C18H16N2O3/c1-3-18(22)20(15-7-9-16(23-2)10-8-15)17(12-21)13-5-4-6-14(19)11-13/h1,4-12,17H,19H2,2H3. The van der Waals surface area contributed by atoms with E-state index in [-0.39, 0.29) is 0 Å². The second kappa shape index (κ2) is 7.14. The number of ether oxygens (including phenoxy) is 1. The van der Waals surface area contributed by atoms with Crippen molar-refractivity contribution in [2.24, 2.45) is 0 Å². The SMILES string of the molecule is C#CC(=O)N(c1ccc(OC)cc1)C(C=O)c1cccc(N)c1. The fourth-order valence-electron chi connectivity index (χ4n) is 2.25. The van der Waals surface area contributed by atoms with E-state index in [2.05, 4.69) is 5.92 Å². The highest BCUT2D eigenvalue weighted by Crippen LogP contribution is 2.28. The second-order valence-corrected chi connectivity index (χ2v) is 4.77. The monoisotopic (exact) mass is 308 g/mol. The van der Waals surface area contributed by atoms with E-state index in [4.69, 9.17) is 16.9 Å². The van der Waals surface area contributed by atoms with Crippen molar-refractivity contribution in [3.63, 3.8) is 0 Å². The van der Waals surface area contributed by atoms with Gasteiger partial charge in [-0.25, -0.2) is 0 Å². The minimum atomic E-state index is -0.865. The largest absolute Gasteiger partial charge is 0.497 e. The average molecular weight is 308 g/mol. The molecule has 0 spiro atoms. The molecule has 0 heterocycles. The Balaban J connectivity index is 2.49. The molecule has 0 aliphatic carbocycles. The number of hydrogen-bond acceptors (Lipinski definition) is 4. The van der Waals surface area contributed by atoms with Crippen LogP contribution in [0.15, 0.2) is 48.5 Å². The zero-order valence-corrected chi connectivity index (χ0v) is 12.6. The predicted molar refractivity (Wildman–Crippen MR) is 89.0 cm³/mol. The number of rotatable bonds is 5. The number of terminal acetylenes is 1. The molecule has 0 aliphatic rings. The molecule has 5 nitrogen and oxygen atoms in total. The van der Waals surface area contributed by atoms with E-state index in [1.807, 2.05) is 0 Å². The fraction of sp³-hybridized carbons (Fsp3) is 0.111. The first-order valence-electron chi connectivity index (χ1n) is 6.85. The van der Waals surface area contributed by atoms with E-state index in [1.165, 1.54) is 4.90 Å². The molecule has 0 saturated carbocycles. The van der Waals surface area contributed by atoms with E-state index < -0.39 is 11.9 Å². The highest BCUT2D eigenvalue weighted by atomic mass is 16.5. The zero-order chi connectivity index (χ0) is 16.8. The number of nitrogens with zero attached hydrogens (tertiary/aromatic N) is 1. The maximum Gasteiger partial charge on any atom is 0.303 e. The van der Waals surface area contributed by atoms with Gasteiger partial charge in [-0.15, -0.1) is 6.42 Å². The molecule has 0 fully saturated rings. The summed E-state index contributed by atoms with van der Waals surface area (Å²) >= 11 is 0. The number of hydrogen-bond donors (Lipinski definition) is 1. The smallest absolute Gasteiger partial charge is 0.303 e. The maximum atomic E-state index is 12.2. The van der Waals surface area contributed by atoms with Gasteiger partial charge in [0.25, 0.3) is 0 Å². The van der Waals surface area contributed by atoms with Crippen LogP contribution in [0.5, 0.6) is 5.75 Å². The Kier molecular flexibility index (Phi) is 5.00. The minimum absolute atomic E-state index is 0.494. The van der Waals surface area contributed by atoms with Crippen LogP contribution in [0.1, 0.15) is 11.6 Å². The van der Waals surface area contributed by atoms with Gasteiger partial charge in [0, 0.05) is 11.4 Å². The quantitative estimate of drug-likeness (QED) is 0.522. The van der Waals surface area contributed by atoms with Crippen molar-refractivity contribution in [1.82, 2.24) is 0 Å². The number of nitrogen functional groups attached to an aromatic ring is 1. The van der Waals surface area contributed by atoms with Crippen LogP contribution in [0, 0.1) is 12.3 Å². The molecule has 2 N–H and O–H groups in total. The molecule has 23 heavy (non-hydrogen) atoms. The lowest BCUT2D eigenvalue weighted by Crippen LogP contribution is -2.35. The first-order valence-corrected chi connectivity index (χ1v) is 6.85. The van der Waals surface area contributed by atoms with Gasteiger partial charge in [0.2, 0.25) is 0 Å². The summed E-state index contributed by atoms with van der Waals surface area (Å²) in [5.74, 6) is 2.07. The average Bonchev–Trinajstić information content (AvgIpc) is 2.59. The van der Waals surface area contributed by atoms with E-state index >= 15 is 0 Å². The molecule has 0 bridgehead atoms. The Labute approximate surface area is 134 Å². The number of amides is 1. The lowest BCUT2D eigenvalue weighted by molar-refractivity contribution is -0.116. The van der Waals surface area contributed by atoms with Crippen molar-refractivity contribution >= 4 is 23.6 Å². The van der Waals surface area contributed by atoms with Gasteiger partial charge < -0.3 is 15.3 Å². The molecule has 2 rings (SSSR count). The molecule has 1 unspecified atom stereocenters. The van der Waals surface area contributed by atoms with Gasteiger partial charge in [-0.3, -0.25) is 9.69 Å². The fourth-order valence-corrected chi connectivity index (χ4v) is 2.25. The van der Waals surface area contributed by atoms with Crippen molar-refractivity contribution in [2.75, 3.05) is 17.7 Å². The normalized spacial score (nSPS) is 11.1. The first-order chi connectivity index (χ1) is 11.1. The molecule has 0 aromatic heterocycles. The molecule has 2 aromatic carbocycles. The lowest BCUT2D eigenvalue weighted by Gasteiger charge is -2.27. The Bertz CT molecular complexity index is 748. The van der Waals surface area contributed by atoms with Crippen molar-refractivity contribution in [3.8, 4) is 18.1 Å². The van der Waals surface area contributed by atoms with Gasteiger partial charge in [-0.05, 0) is 47.9 Å². The van der Waals surface area contributed by atoms with Crippen molar-refractivity contribution in [1.29, 1.82) is 0 Å². The summed E-state index contributed by atoms with van der Waals surface area (Å²) in [7, 11) is 1.54. The second-order valence-electron chi connectivity index (χ2n) is 4.77. The van der Waals surface area contributed by atoms with Crippen LogP contribution >= 0.6 is 0 Å². The van der Waals surface area contributed by atoms with E-state index in [9.17, 15) is 9.59 Å². The van der Waals surface area contributed by atoms with Crippen LogP contribution in [-0.2, 0) is 9.59 Å². The zero-order valence-electron chi connectivity index (χ0n) is 12.6. The van der Waals surface area contributed by atoms with Crippen molar-refractivity contribution in [2.45, 2.75) is 6.04 Å². The Morgan fingerprint density at radius 2 is 2.00 bits per heavy atom. The van der Waals surface area contributed by atoms with Crippen LogP contribution in [0.25, 0.3) is 0 Å². The first kappa shape index (κ1) is 16.1. The molecule has 1 amide bonds. The Morgan fingerprint density at radius 3 is 2.52 bits per heavy atom. The highest BCUT2D eigenvalue weighted by Gasteiger charge is 2.25. The van der Waals surface area contributed by atoms with E-state index in [0.717, 1.165) is 0 Å². The Morgan fingerprint density at radius 1 is 1.30 bits per heavy atom. The van der Waals surface area contributed by atoms with Crippen LogP contribution < -0.4 is 15.4 Å². The highest BCUT2D eigenvalue weighted by molar-refractivity contribution is 6.08.